The molecule has 1 aromatic heterocycles. The SMILES string of the molecule is CC.CSSc1ccc(COC(=O)Nc2ccc([N+](=O)[O-])c3nonc23)cc1. The number of rotatable bonds is 6. The second-order valence-electron chi connectivity index (χ2n) is 4.95. The molecule has 9 nitrogen and oxygen atoms in total. The Hall–Kier alpha value is -2.79. The molecule has 0 radical (unpaired) electrons. The highest BCUT2D eigenvalue weighted by atomic mass is 33.1. The smallest absolute Gasteiger partial charge is 0.412 e. The van der Waals surface area contributed by atoms with Gasteiger partial charge in [0.25, 0.3) is 0 Å². The van der Waals surface area contributed by atoms with Gasteiger partial charge in [0.2, 0.25) is 5.52 Å². The van der Waals surface area contributed by atoms with Crippen LogP contribution >= 0.6 is 21.6 Å². The fraction of sp³-hybridized carbons (Fsp3) is 0.235. The van der Waals surface area contributed by atoms with Crippen LogP contribution in [0.15, 0.2) is 45.9 Å². The number of benzene rings is 2. The van der Waals surface area contributed by atoms with Crippen molar-refractivity contribution in [1.82, 2.24) is 10.3 Å². The van der Waals surface area contributed by atoms with Crippen LogP contribution in [0.3, 0.4) is 0 Å². The number of hydrogen-bond acceptors (Lipinski definition) is 9. The second kappa shape index (κ2) is 10.5. The van der Waals surface area contributed by atoms with E-state index in [4.69, 9.17) is 4.74 Å². The zero-order valence-electron chi connectivity index (χ0n) is 15.4. The molecule has 28 heavy (non-hydrogen) atoms. The first-order chi connectivity index (χ1) is 13.6. The molecule has 0 atom stereocenters. The lowest BCUT2D eigenvalue weighted by molar-refractivity contribution is -0.383. The molecule has 1 N–H and O–H groups in total. The number of non-ortho nitro benzene ring substituents is 1. The molecule has 0 saturated carbocycles. The largest absolute Gasteiger partial charge is 0.444 e. The molecule has 0 aliphatic heterocycles. The number of hydrogen-bond donors (Lipinski definition) is 1. The Morgan fingerprint density at radius 1 is 1.18 bits per heavy atom. The van der Waals surface area contributed by atoms with Crippen molar-refractivity contribution in [3.05, 3.63) is 52.1 Å². The molecule has 0 saturated heterocycles. The van der Waals surface area contributed by atoms with Gasteiger partial charge in [0, 0.05) is 11.0 Å². The molecule has 0 aliphatic carbocycles. The van der Waals surface area contributed by atoms with Crippen molar-refractivity contribution >= 4 is 50.1 Å². The highest BCUT2D eigenvalue weighted by molar-refractivity contribution is 8.76. The molecule has 0 unspecified atom stereocenters. The van der Waals surface area contributed by atoms with Crippen molar-refractivity contribution in [2.45, 2.75) is 25.3 Å². The van der Waals surface area contributed by atoms with E-state index in [0.717, 1.165) is 10.5 Å². The fourth-order valence-corrected chi connectivity index (χ4v) is 3.48. The number of aromatic nitrogens is 2. The van der Waals surface area contributed by atoms with Gasteiger partial charge in [-0.05, 0) is 40.3 Å². The van der Waals surface area contributed by atoms with Gasteiger partial charge in [0.1, 0.15) is 6.61 Å². The predicted octanol–water partition coefficient (Wildman–Crippen LogP) is 5.28. The zero-order valence-corrected chi connectivity index (χ0v) is 17.0. The van der Waals surface area contributed by atoms with E-state index >= 15 is 0 Å². The molecule has 0 fully saturated rings. The Labute approximate surface area is 168 Å². The van der Waals surface area contributed by atoms with Gasteiger partial charge in [-0.1, -0.05) is 47.6 Å². The van der Waals surface area contributed by atoms with E-state index in [1.807, 2.05) is 44.4 Å². The number of nitro groups is 1. The number of amides is 1. The molecule has 11 heteroatoms. The first-order valence-electron chi connectivity index (χ1n) is 8.21. The van der Waals surface area contributed by atoms with Crippen LogP contribution in [0.4, 0.5) is 16.2 Å². The lowest BCUT2D eigenvalue weighted by Crippen LogP contribution is -2.14. The number of fused-ring (bicyclic) bond motifs is 1. The Kier molecular flexibility index (Phi) is 8.08. The van der Waals surface area contributed by atoms with Gasteiger partial charge in [0.15, 0.2) is 5.52 Å². The topological polar surface area (TPSA) is 120 Å². The molecule has 3 aromatic rings. The van der Waals surface area contributed by atoms with E-state index in [1.165, 1.54) is 12.1 Å². The van der Waals surface area contributed by atoms with Crippen molar-refractivity contribution < 1.29 is 19.1 Å². The number of carbonyl (C=O) groups excluding carboxylic acids is 1. The minimum atomic E-state index is -0.717. The van der Waals surface area contributed by atoms with Gasteiger partial charge in [-0.2, -0.15) is 0 Å². The minimum Gasteiger partial charge on any atom is -0.444 e. The monoisotopic (exact) mass is 422 g/mol. The number of nitro benzene ring substituents is 1. The maximum absolute atomic E-state index is 12.0. The molecule has 1 amide bonds. The Balaban J connectivity index is 0.00000136. The van der Waals surface area contributed by atoms with Crippen LogP contribution in [-0.4, -0.2) is 27.6 Å². The summed E-state index contributed by atoms with van der Waals surface area (Å²) in [6.45, 7) is 4.09. The van der Waals surface area contributed by atoms with Crippen LogP contribution in [0, 0.1) is 10.1 Å². The number of anilines is 1. The first kappa shape index (κ1) is 21.5. The van der Waals surface area contributed by atoms with E-state index in [2.05, 4.69) is 20.3 Å². The Morgan fingerprint density at radius 3 is 2.50 bits per heavy atom. The number of nitrogens with one attached hydrogen (secondary N) is 1. The summed E-state index contributed by atoms with van der Waals surface area (Å²) in [6, 6.07) is 10.2. The molecule has 0 spiro atoms. The van der Waals surface area contributed by atoms with Crippen molar-refractivity contribution in [3.8, 4) is 0 Å². The first-order valence-corrected chi connectivity index (χ1v) is 10.8. The summed E-state index contributed by atoms with van der Waals surface area (Å²) < 4.78 is 9.70. The molecular weight excluding hydrogens is 404 g/mol. The maximum Gasteiger partial charge on any atom is 0.412 e. The fourth-order valence-electron chi connectivity index (χ4n) is 2.13. The molecule has 0 bridgehead atoms. The van der Waals surface area contributed by atoms with Gasteiger partial charge >= 0.3 is 11.8 Å². The molecule has 2 aromatic carbocycles. The maximum atomic E-state index is 12.0. The van der Waals surface area contributed by atoms with E-state index in [0.29, 0.717) is 0 Å². The summed E-state index contributed by atoms with van der Waals surface area (Å²) in [6.07, 6.45) is 1.27. The van der Waals surface area contributed by atoms with E-state index in [1.54, 1.807) is 21.6 Å². The molecule has 1 heterocycles. The van der Waals surface area contributed by atoms with Gasteiger partial charge < -0.3 is 4.74 Å². The van der Waals surface area contributed by atoms with Gasteiger partial charge in [0.05, 0.1) is 10.6 Å². The Bertz CT molecular complexity index is 946. The summed E-state index contributed by atoms with van der Waals surface area (Å²) in [5.41, 5.74) is 0.818. The summed E-state index contributed by atoms with van der Waals surface area (Å²) in [5.74, 6) is 0. The van der Waals surface area contributed by atoms with Gasteiger partial charge in [-0.3, -0.25) is 15.4 Å². The van der Waals surface area contributed by atoms with Crippen molar-refractivity contribution in [2.24, 2.45) is 0 Å². The highest BCUT2D eigenvalue weighted by Gasteiger charge is 2.20. The number of ether oxygens (including phenoxy) is 1. The summed E-state index contributed by atoms with van der Waals surface area (Å²) in [4.78, 5) is 23.4. The third-order valence-corrected chi connectivity index (χ3v) is 5.01. The average Bonchev–Trinajstić information content (AvgIpc) is 3.19. The second-order valence-corrected chi connectivity index (χ2v) is 7.42. The summed E-state index contributed by atoms with van der Waals surface area (Å²) in [7, 11) is 3.29. The van der Waals surface area contributed by atoms with Crippen LogP contribution in [0.2, 0.25) is 0 Å². The van der Waals surface area contributed by atoms with E-state index in [-0.39, 0.29) is 29.0 Å². The van der Waals surface area contributed by atoms with Crippen molar-refractivity contribution in [1.29, 1.82) is 0 Å². The molecule has 148 valence electrons. The predicted molar refractivity (Wildman–Crippen MR) is 109 cm³/mol. The van der Waals surface area contributed by atoms with Crippen LogP contribution < -0.4 is 5.32 Å². The van der Waals surface area contributed by atoms with E-state index in [9.17, 15) is 14.9 Å². The third kappa shape index (κ3) is 5.36. The van der Waals surface area contributed by atoms with Gasteiger partial charge in [-0.25, -0.2) is 9.42 Å². The molecule has 0 aliphatic rings. The third-order valence-electron chi connectivity index (χ3n) is 3.30. The van der Waals surface area contributed by atoms with Crippen LogP contribution in [0.25, 0.3) is 11.0 Å². The standard InChI is InChI=1S/C15H12N4O5S2.C2H6/c1-25-26-10-4-2-9(3-5-10)8-23-15(20)16-11-6-7-12(19(21)22)14-13(11)17-24-18-14;1-2/h2-7H,8H2,1H3,(H,16,20);1-2H3. The van der Waals surface area contributed by atoms with E-state index < -0.39 is 11.0 Å². The molecule has 3 rings (SSSR count). The van der Waals surface area contributed by atoms with Crippen LogP contribution in [0.5, 0.6) is 0 Å². The molecular formula is C17H18N4O5S2. The lowest BCUT2D eigenvalue weighted by Gasteiger charge is -2.07. The van der Waals surface area contributed by atoms with Crippen LogP contribution in [0.1, 0.15) is 19.4 Å². The summed E-state index contributed by atoms with van der Waals surface area (Å²) in [5, 5.41) is 20.5. The summed E-state index contributed by atoms with van der Waals surface area (Å²) >= 11 is 0. The quantitative estimate of drug-likeness (QED) is 0.321. The normalized spacial score (nSPS) is 10.1. The number of nitrogens with zero attached hydrogens (tertiary/aromatic N) is 3. The van der Waals surface area contributed by atoms with Crippen molar-refractivity contribution in [2.75, 3.05) is 11.6 Å². The average molecular weight is 422 g/mol. The van der Waals surface area contributed by atoms with Gasteiger partial charge in [-0.15, -0.1) is 0 Å². The minimum absolute atomic E-state index is 0.0466. The Morgan fingerprint density at radius 2 is 1.86 bits per heavy atom. The zero-order chi connectivity index (χ0) is 20.5. The van der Waals surface area contributed by atoms with Crippen molar-refractivity contribution in [3.63, 3.8) is 0 Å². The lowest BCUT2D eigenvalue weighted by atomic mass is 10.2. The van der Waals surface area contributed by atoms with Crippen LogP contribution in [-0.2, 0) is 11.3 Å². The number of carbonyl (C=O) groups is 1. The highest BCUT2D eigenvalue weighted by Crippen LogP contribution is 2.29.